The molecule has 8 nitrogen and oxygen atoms in total. The summed E-state index contributed by atoms with van der Waals surface area (Å²) in [5.74, 6) is 0.936. The fraction of sp³-hybridized carbons (Fsp3) is 0.826. The van der Waals surface area contributed by atoms with Crippen LogP contribution in [-0.4, -0.2) is 54.0 Å². The molecule has 4 amide bonds. The van der Waals surface area contributed by atoms with Gasteiger partial charge in [0.25, 0.3) is 11.8 Å². The Bertz CT molecular complexity index is 731. The number of carbonyl (C=O) groups is 4. The second kappa shape index (κ2) is 8.43. The van der Waals surface area contributed by atoms with E-state index < -0.39 is 30.0 Å². The zero-order valence-corrected chi connectivity index (χ0v) is 18.7. The number of imide groups is 1. The van der Waals surface area contributed by atoms with E-state index in [0.717, 1.165) is 35.5 Å². The van der Waals surface area contributed by atoms with Crippen LogP contribution in [0, 0.1) is 23.2 Å². The van der Waals surface area contributed by atoms with Gasteiger partial charge in [-0.2, -0.15) is 0 Å². The number of carbonyl (C=O) groups excluding carboxylic acids is 4. The number of unbranched alkanes of at least 4 members (excludes halogenated alkanes) is 1. The molecule has 0 aromatic heterocycles. The number of ether oxygens (including phenoxy) is 1. The molecule has 0 radical (unpaired) electrons. The van der Waals surface area contributed by atoms with Gasteiger partial charge in [-0.15, -0.1) is 0 Å². The van der Waals surface area contributed by atoms with Crippen molar-refractivity contribution < 1.29 is 23.9 Å². The topological polar surface area (TPSA) is 105 Å². The maximum absolute atomic E-state index is 12.6. The second-order valence-electron chi connectivity index (χ2n) is 10.6. The van der Waals surface area contributed by atoms with Crippen molar-refractivity contribution in [1.82, 2.24) is 15.5 Å². The molecule has 172 valence electrons. The predicted molar refractivity (Wildman–Crippen MR) is 113 cm³/mol. The molecule has 0 unspecified atom stereocenters. The normalized spacial score (nSPS) is 35.9. The summed E-state index contributed by atoms with van der Waals surface area (Å²) in [4.78, 5) is 50.1. The average molecular weight is 434 g/mol. The summed E-state index contributed by atoms with van der Waals surface area (Å²) in [5.41, 5.74) is -0.764. The number of rotatable bonds is 9. The molecule has 0 aromatic rings. The number of nitrogens with zero attached hydrogens (tertiary/aromatic N) is 1. The first kappa shape index (κ1) is 22.1. The first-order valence-corrected chi connectivity index (χ1v) is 11.8. The van der Waals surface area contributed by atoms with Gasteiger partial charge >= 0.3 is 12.0 Å². The summed E-state index contributed by atoms with van der Waals surface area (Å²) in [6, 6.07) is -0.591. The zero-order chi connectivity index (χ0) is 22.2. The highest BCUT2D eigenvalue weighted by Gasteiger charge is 2.51. The molecule has 0 spiro atoms. The van der Waals surface area contributed by atoms with Gasteiger partial charge in [0.05, 0.1) is 0 Å². The first-order valence-electron chi connectivity index (χ1n) is 11.8. The van der Waals surface area contributed by atoms with E-state index in [1.165, 1.54) is 38.5 Å². The molecule has 4 aliphatic carbocycles. The van der Waals surface area contributed by atoms with Crippen molar-refractivity contribution in [2.45, 2.75) is 77.2 Å². The second-order valence-corrected chi connectivity index (χ2v) is 10.6. The molecule has 1 heterocycles. The van der Waals surface area contributed by atoms with Crippen LogP contribution in [0.2, 0.25) is 0 Å². The maximum Gasteiger partial charge on any atom is 0.326 e. The van der Waals surface area contributed by atoms with Crippen molar-refractivity contribution in [2.24, 2.45) is 23.2 Å². The van der Waals surface area contributed by atoms with Crippen molar-refractivity contribution in [3.05, 3.63) is 0 Å². The van der Waals surface area contributed by atoms with Crippen LogP contribution < -0.4 is 10.6 Å². The summed E-state index contributed by atoms with van der Waals surface area (Å²) in [7, 11) is 0. The van der Waals surface area contributed by atoms with E-state index in [9.17, 15) is 19.2 Å². The summed E-state index contributed by atoms with van der Waals surface area (Å²) in [5, 5.41) is 5.64. The molecule has 2 N–H and O–H groups in total. The van der Waals surface area contributed by atoms with E-state index in [0.29, 0.717) is 13.0 Å². The lowest BCUT2D eigenvalue weighted by Gasteiger charge is -2.56. The van der Waals surface area contributed by atoms with Crippen LogP contribution in [0.5, 0.6) is 0 Å². The SMILES string of the molecule is CCCC[C@@]1(C)NC(=O)N(CC(=O)OCC(=O)NCC23CC4CC(CC(C4)C2)C3)C1=O. The third-order valence-electron chi connectivity index (χ3n) is 7.85. The van der Waals surface area contributed by atoms with Gasteiger partial charge in [0.1, 0.15) is 12.1 Å². The fourth-order valence-electron chi connectivity index (χ4n) is 6.75. The summed E-state index contributed by atoms with van der Waals surface area (Å²) >= 11 is 0. The van der Waals surface area contributed by atoms with Gasteiger partial charge in [-0.25, -0.2) is 4.79 Å². The Morgan fingerprint density at radius 2 is 1.74 bits per heavy atom. The van der Waals surface area contributed by atoms with Crippen molar-refractivity contribution in [1.29, 1.82) is 0 Å². The van der Waals surface area contributed by atoms with Crippen LogP contribution in [0.1, 0.15) is 71.6 Å². The maximum atomic E-state index is 12.6. The Morgan fingerprint density at radius 3 is 2.32 bits per heavy atom. The fourth-order valence-corrected chi connectivity index (χ4v) is 6.75. The number of amides is 4. The lowest BCUT2D eigenvalue weighted by atomic mass is 9.49. The molecule has 0 aromatic carbocycles. The van der Waals surface area contributed by atoms with Crippen molar-refractivity contribution in [3.63, 3.8) is 0 Å². The van der Waals surface area contributed by atoms with Gasteiger partial charge in [-0.05, 0) is 75.0 Å². The molecule has 31 heavy (non-hydrogen) atoms. The third kappa shape index (κ3) is 4.58. The standard InChI is InChI=1S/C23H35N3O5/c1-3-4-5-22(2)20(29)26(21(30)25-22)12-19(28)31-13-18(27)24-14-23-9-15-6-16(10-23)8-17(7-15)11-23/h15-17H,3-14H2,1-2H3,(H,24,27)(H,25,30)/t15?,16?,17?,22-,23?/m1/s1. The average Bonchev–Trinajstić information content (AvgIpc) is 2.91. The van der Waals surface area contributed by atoms with E-state index in [4.69, 9.17) is 4.74 Å². The number of nitrogens with one attached hydrogen (secondary N) is 2. The number of hydrogen-bond acceptors (Lipinski definition) is 5. The van der Waals surface area contributed by atoms with Crippen LogP contribution in [0.15, 0.2) is 0 Å². The highest BCUT2D eigenvalue weighted by molar-refractivity contribution is 6.08. The Labute approximate surface area is 183 Å². The number of hydrogen-bond donors (Lipinski definition) is 2. The molecular weight excluding hydrogens is 398 g/mol. The lowest BCUT2D eigenvalue weighted by Crippen LogP contribution is -2.51. The van der Waals surface area contributed by atoms with Crippen LogP contribution >= 0.6 is 0 Å². The molecule has 4 saturated carbocycles. The van der Waals surface area contributed by atoms with Crippen LogP contribution in [0.25, 0.3) is 0 Å². The van der Waals surface area contributed by atoms with E-state index in [2.05, 4.69) is 10.6 Å². The molecule has 1 aliphatic heterocycles. The van der Waals surface area contributed by atoms with Crippen LogP contribution in [0.4, 0.5) is 4.79 Å². The quantitative estimate of drug-likeness (QED) is 0.429. The Hall–Kier alpha value is -2.12. The summed E-state index contributed by atoms with van der Waals surface area (Å²) in [6.45, 7) is 3.46. The van der Waals surface area contributed by atoms with Gasteiger partial charge in [-0.1, -0.05) is 19.8 Å². The van der Waals surface area contributed by atoms with Crippen LogP contribution in [-0.2, 0) is 19.1 Å². The highest BCUT2D eigenvalue weighted by Crippen LogP contribution is 2.59. The molecule has 5 rings (SSSR count). The van der Waals surface area contributed by atoms with Crippen LogP contribution in [0.3, 0.4) is 0 Å². The number of esters is 1. The minimum absolute atomic E-state index is 0.220. The third-order valence-corrected chi connectivity index (χ3v) is 7.85. The van der Waals surface area contributed by atoms with Gasteiger partial charge in [-0.3, -0.25) is 19.3 Å². The van der Waals surface area contributed by atoms with Gasteiger partial charge < -0.3 is 15.4 Å². The lowest BCUT2D eigenvalue weighted by molar-refractivity contribution is -0.151. The predicted octanol–water partition coefficient (Wildman–Crippen LogP) is 2.36. The smallest absolute Gasteiger partial charge is 0.326 e. The van der Waals surface area contributed by atoms with Crippen molar-refractivity contribution in [2.75, 3.05) is 19.7 Å². The Kier molecular flexibility index (Phi) is 6.01. The molecular formula is C23H35N3O5. The summed E-state index contributed by atoms with van der Waals surface area (Å²) < 4.78 is 5.06. The van der Waals surface area contributed by atoms with E-state index in [1.54, 1.807) is 6.92 Å². The van der Waals surface area contributed by atoms with Gasteiger partial charge in [0.15, 0.2) is 6.61 Å². The van der Waals surface area contributed by atoms with Crippen molar-refractivity contribution in [3.8, 4) is 0 Å². The van der Waals surface area contributed by atoms with E-state index >= 15 is 0 Å². The largest absolute Gasteiger partial charge is 0.454 e. The minimum Gasteiger partial charge on any atom is -0.454 e. The number of urea groups is 1. The monoisotopic (exact) mass is 433 g/mol. The summed E-state index contributed by atoms with van der Waals surface area (Å²) in [6.07, 6.45) is 9.86. The molecule has 8 heteroatoms. The molecule has 5 fully saturated rings. The molecule has 4 bridgehead atoms. The Balaban J connectivity index is 1.21. The molecule has 5 aliphatic rings. The first-order chi connectivity index (χ1) is 14.7. The highest BCUT2D eigenvalue weighted by atomic mass is 16.5. The van der Waals surface area contributed by atoms with Gasteiger partial charge in [0.2, 0.25) is 0 Å². The molecule has 1 atom stereocenters. The molecule has 1 saturated heterocycles. The Morgan fingerprint density at radius 1 is 1.13 bits per heavy atom. The van der Waals surface area contributed by atoms with Gasteiger partial charge in [0, 0.05) is 6.54 Å². The zero-order valence-electron chi connectivity index (χ0n) is 18.7. The minimum atomic E-state index is -0.984. The van der Waals surface area contributed by atoms with E-state index in [-0.39, 0.29) is 17.9 Å². The van der Waals surface area contributed by atoms with E-state index in [1.807, 2.05) is 6.92 Å². The van der Waals surface area contributed by atoms with Crippen molar-refractivity contribution >= 4 is 23.8 Å².